The van der Waals surface area contributed by atoms with Crippen molar-refractivity contribution in [1.29, 1.82) is 0 Å². The van der Waals surface area contributed by atoms with Gasteiger partial charge in [-0.25, -0.2) is 17.8 Å². The van der Waals surface area contributed by atoms with E-state index in [4.69, 9.17) is 21.1 Å². The van der Waals surface area contributed by atoms with Crippen LogP contribution in [-0.4, -0.2) is 78.2 Å². The predicted octanol–water partition coefficient (Wildman–Crippen LogP) is 5.26. The van der Waals surface area contributed by atoms with Gasteiger partial charge in [-0.3, -0.25) is 19.1 Å². The Hall–Kier alpha value is -4.43. The third kappa shape index (κ3) is 7.53. The number of fused-ring (bicyclic) bond motifs is 3. The number of nitrogens with zero attached hydrogens (tertiary/aromatic N) is 2. The lowest BCUT2D eigenvalue weighted by molar-refractivity contribution is -0.140. The zero-order chi connectivity index (χ0) is 37.5. The topological polar surface area (TPSA) is 156 Å². The quantitative estimate of drug-likeness (QED) is 0.261. The Kier molecular flexibility index (Phi) is 10.0. The summed E-state index contributed by atoms with van der Waals surface area (Å²) >= 11 is 6.35. The van der Waals surface area contributed by atoms with Crippen molar-refractivity contribution in [1.82, 2.24) is 19.9 Å². The van der Waals surface area contributed by atoms with E-state index in [1.807, 2.05) is 12.2 Å². The van der Waals surface area contributed by atoms with E-state index in [0.29, 0.717) is 59.3 Å². The number of anilines is 1. The normalized spacial score (nSPS) is 27.7. The highest BCUT2D eigenvalue weighted by Gasteiger charge is 2.63. The molecule has 3 amide bonds. The number of hydrogen-bond acceptors (Lipinski definition) is 9. The summed E-state index contributed by atoms with van der Waals surface area (Å²) < 4.78 is 53.6. The largest absolute Gasteiger partial charge is 0.494 e. The SMILES string of the molecule is COc1cnc(O[C@@H]2C[C@H]3C(=O)N[C@]4(C(=O)NS(=O)(=O)C5(C)CC5)C[C@H]4/C=C\CCCCC[C@H](Nc4cccc(F)c4)C(=O)N3C2)c2cc(Cl)ccc12. The Bertz CT molecular complexity index is 2080. The molecule has 0 bridgehead atoms. The summed E-state index contributed by atoms with van der Waals surface area (Å²) in [6.45, 7) is 1.59. The van der Waals surface area contributed by atoms with Crippen LogP contribution in [-0.2, 0) is 24.4 Å². The van der Waals surface area contributed by atoms with Gasteiger partial charge < -0.3 is 25.0 Å². The number of carbonyl (C=O) groups is 3. The van der Waals surface area contributed by atoms with Gasteiger partial charge in [0.15, 0.2) is 0 Å². The fourth-order valence-corrected chi connectivity index (χ4v) is 8.79. The molecular formula is C38H43ClFN5O7S. The number of allylic oxidation sites excluding steroid dienone is 1. The average Bonchev–Trinajstić information content (AvgIpc) is 4.00. The molecule has 2 saturated carbocycles. The van der Waals surface area contributed by atoms with Crippen LogP contribution >= 0.6 is 11.6 Å². The lowest BCUT2D eigenvalue weighted by Crippen LogP contribution is -2.58. The van der Waals surface area contributed by atoms with Crippen LogP contribution in [0.15, 0.2) is 60.8 Å². The molecule has 2 aromatic carbocycles. The molecule has 2 aliphatic carbocycles. The molecule has 5 atom stereocenters. The number of pyridine rings is 1. The summed E-state index contributed by atoms with van der Waals surface area (Å²) in [5.74, 6) is -1.94. The fourth-order valence-electron chi connectivity index (χ4n) is 7.30. The van der Waals surface area contributed by atoms with E-state index in [1.54, 1.807) is 37.3 Å². The van der Waals surface area contributed by atoms with Gasteiger partial charge in [-0.05, 0) is 81.8 Å². The number of benzene rings is 2. The molecule has 53 heavy (non-hydrogen) atoms. The summed E-state index contributed by atoms with van der Waals surface area (Å²) in [6.07, 6.45) is 9.22. The van der Waals surface area contributed by atoms with E-state index < -0.39 is 62.0 Å². The van der Waals surface area contributed by atoms with Gasteiger partial charge in [-0.15, -0.1) is 0 Å². The van der Waals surface area contributed by atoms with Crippen LogP contribution in [0.3, 0.4) is 0 Å². The van der Waals surface area contributed by atoms with Crippen molar-refractivity contribution in [3.63, 3.8) is 0 Å². The number of ether oxygens (including phenoxy) is 2. The number of aromatic nitrogens is 1. The van der Waals surface area contributed by atoms with Crippen LogP contribution in [0, 0.1) is 11.7 Å². The number of carbonyl (C=O) groups excluding carboxylic acids is 3. The zero-order valence-corrected chi connectivity index (χ0v) is 31.1. The first-order chi connectivity index (χ1) is 25.3. The first kappa shape index (κ1) is 36.9. The molecule has 3 fully saturated rings. The Morgan fingerprint density at radius 2 is 1.92 bits per heavy atom. The van der Waals surface area contributed by atoms with E-state index in [-0.39, 0.29) is 31.2 Å². The number of amides is 3. The second-order valence-electron chi connectivity index (χ2n) is 14.7. The van der Waals surface area contributed by atoms with Gasteiger partial charge in [-0.1, -0.05) is 42.7 Å². The molecule has 3 aromatic rings. The summed E-state index contributed by atoms with van der Waals surface area (Å²) in [6, 6.07) is 9.17. The maximum atomic E-state index is 14.6. The van der Waals surface area contributed by atoms with Crippen LogP contribution in [0.25, 0.3) is 10.8 Å². The van der Waals surface area contributed by atoms with Gasteiger partial charge in [0, 0.05) is 33.8 Å². The second kappa shape index (κ2) is 14.4. The van der Waals surface area contributed by atoms with Crippen molar-refractivity contribution in [2.45, 2.75) is 93.2 Å². The molecule has 3 heterocycles. The van der Waals surface area contributed by atoms with E-state index in [0.717, 1.165) is 12.8 Å². The second-order valence-corrected chi connectivity index (χ2v) is 17.4. The summed E-state index contributed by atoms with van der Waals surface area (Å²) in [5, 5.41) is 7.83. The van der Waals surface area contributed by atoms with Crippen molar-refractivity contribution >= 4 is 55.8 Å². The van der Waals surface area contributed by atoms with Crippen LogP contribution in [0.5, 0.6) is 11.6 Å². The fraction of sp³-hybridized carbons (Fsp3) is 0.474. The highest BCUT2D eigenvalue weighted by Crippen LogP contribution is 2.47. The first-order valence-electron chi connectivity index (χ1n) is 18.0. The summed E-state index contributed by atoms with van der Waals surface area (Å²) in [5.41, 5.74) is -1.09. The van der Waals surface area contributed by atoms with E-state index >= 15 is 0 Å². The van der Waals surface area contributed by atoms with Crippen molar-refractivity contribution < 1.29 is 36.7 Å². The van der Waals surface area contributed by atoms with Gasteiger partial charge in [0.25, 0.3) is 5.91 Å². The van der Waals surface area contributed by atoms with Crippen molar-refractivity contribution in [2.24, 2.45) is 5.92 Å². The Labute approximate surface area is 312 Å². The van der Waals surface area contributed by atoms with Gasteiger partial charge in [0.1, 0.15) is 35.3 Å². The van der Waals surface area contributed by atoms with Crippen molar-refractivity contribution in [3.05, 3.63) is 71.7 Å². The molecule has 1 saturated heterocycles. The molecule has 282 valence electrons. The minimum Gasteiger partial charge on any atom is -0.494 e. The molecule has 12 nitrogen and oxygen atoms in total. The van der Waals surface area contributed by atoms with E-state index in [9.17, 15) is 27.2 Å². The lowest BCUT2D eigenvalue weighted by Gasteiger charge is -2.30. The molecule has 1 aromatic heterocycles. The van der Waals surface area contributed by atoms with Crippen LogP contribution in [0.2, 0.25) is 5.02 Å². The molecule has 0 radical (unpaired) electrons. The lowest BCUT2D eigenvalue weighted by atomic mass is 10.0. The minimum absolute atomic E-state index is 0.00325. The maximum Gasteiger partial charge on any atom is 0.259 e. The number of halogens is 2. The Balaban J connectivity index is 1.22. The zero-order valence-electron chi connectivity index (χ0n) is 29.6. The number of sulfonamides is 1. The summed E-state index contributed by atoms with van der Waals surface area (Å²) in [7, 11) is -2.46. The highest BCUT2D eigenvalue weighted by molar-refractivity contribution is 7.91. The van der Waals surface area contributed by atoms with Gasteiger partial charge >= 0.3 is 0 Å². The van der Waals surface area contributed by atoms with Gasteiger partial charge in [0.2, 0.25) is 27.7 Å². The molecule has 4 aliphatic rings. The number of hydrogen-bond donors (Lipinski definition) is 3. The molecule has 2 aliphatic heterocycles. The standard InChI is InChI=1S/C38H43ClFN5O7S/c1-37(15-16-37)53(49,50)44-36(48)38-20-23(38)9-6-4-3-5-7-12-30(42-26-11-8-10-25(40)18-26)35(47)45-22-27(19-31(45)33(46)43-38)52-34-29-17-24(39)13-14-28(29)32(51-2)21-41-34/h6,8-11,13-14,17-18,21,23,27,30-31,42H,3-5,7,12,15-16,19-20,22H2,1-2H3,(H,43,46)(H,44,48)/b9-6-/t23-,27-,30+,31+,38-/m1/s1. The highest BCUT2D eigenvalue weighted by atomic mass is 35.5. The smallest absolute Gasteiger partial charge is 0.259 e. The minimum atomic E-state index is -3.99. The molecule has 7 rings (SSSR count). The number of rotatable bonds is 8. The Morgan fingerprint density at radius 3 is 2.68 bits per heavy atom. The van der Waals surface area contributed by atoms with Crippen LogP contribution < -0.4 is 24.8 Å². The molecular weight excluding hydrogens is 725 g/mol. The van der Waals surface area contributed by atoms with E-state index in [1.165, 1.54) is 30.3 Å². The van der Waals surface area contributed by atoms with Gasteiger partial charge in [-0.2, -0.15) is 0 Å². The monoisotopic (exact) mass is 767 g/mol. The average molecular weight is 768 g/mol. The summed E-state index contributed by atoms with van der Waals surface area (Å²) in [4.78, 5) is 48.7. The molecule has 0 unspecified atom stereocenters. The van der Waals surface area contributed by atoms with E-state index in [2.05, 4.69) is 20.3 Å². The third-order valence-electron chi connectivity index (χ3n) is 10.9. The van der Waals surface area contributed by atoms with Crippen LogP contribution in [0.1, 0.15) is 64.7 Å². The predicted molar refractivity (Wildman–Crippen MR) is 198 cm³/mol. The Morgan fingerprint density at radius 1 is 1.11 bits per heavy atom. The molecule has 0 spiro atoms. The van der Waals surface area contributed by atoms with Crippen molar-refractivity contribution in [2.75, 3.05) is 19.0 Å². The maximum absolute atomic E-state index is 14.6. The van der Waals surface area contributed by atoms with Crippen molar-refractivity contribution in [3.8, 4) is 11.6 Å². The third-order valence-corrected chi connectivity index (χ3v) is 13.3. The molecule has 15 heteroatoms. The van der Waals surface area contributed by atoms with Gasteiger partial charge in [0.05, 0.1) is 24.6 Å². The number of nitrogens with one attached hydrogen (secondary N) is 3. The first-order valence-corrected chi connectivity index (χ1v) is 19.9. The van der Waals surface area contributed by atoms with Crippen LogP contribution in [0.4, 0.5) is 10.1 Å². The number of methoxy groups -OCH3 is 1. The molecule has 3 N–H and O–H groups in total.